The molecule has 0 bridgehead atoms. The Morgan fingerprint density at radius 3 is 1.29 bits per heavy atom. The smallest absolute Gasteiger partial charge is 0.135 e. The molecule has 0 unspecified atom stereocenters. The Labute approximate surface area is 341 Å². The Balaban J connectivity index is 0.00000114. The Bertz CT molecular complexity index is 3060. The summed E-state index contributed by atoms with van der Waals surface area (Å²) in [6, 6.07) is 51.0. The molecule has 0 spiro atoms. The molecule has 10 aromatic rings. The molecule has 0 saturated heterocycles. The van der Waals surface area contributed by atoms with Crippen molar-refractivity contribution in [2.24, 2.45) is 0 Å². The lowest BCUT2D eigenvalue weighted by Crippen LogP contribution is -1.94. The molecule has 0 amide bonds. The van der Waals surface area contributed by atoms with Crippen LogP contribution in [-0.2, 0) is 19.3 Å². The van der Waals surface area contributed by atoms with Crippen molar-refractivity contribution in [1.82, 2.24) is 9.13 Å². The fourth-order valence-electron chi connectivity index (χ4n) is 8.47. The third kappa shape index (κ3) is 6.53. The Kier molecular flexibility index (Phi) is 10.7. The van der Waals surface area contributed by atoms with E-state index in [0.717, 1.165) is 58.1 Å². The van der Waals surface area contributed by atoms with Crippen molar-refractivity contribution in [3.63, 3.8) is 0 Å². The van der Waals surface area contributed by atoms with E-state index in [9.17, 15) is 0 Å². The quantitative estimate of drug-likeness (QED) is 0.135. The molecule has 0 radical (unpaired) electrons. The molecule has 3 heterocycles. The van der Waals surface area contributed by atoms with Crippen LogP contribution in [0.5, 0.6) is 0 Å². The monoisotopic (exact) mass is 754 g/mol. The molecule has 3 heteroatoms. The fourth-order valence-corrected chi connectivity index (χ4v) is 8.47. The number of nitrogens with zero attached hydrogens (tertiary/aromatic N) is 2. The van der Waals surface area contributed by atoms with Gasteiger partial charge in [-0.25, -0.2) is 0 Å². The third-order valence-electron chi connectivity index (χ3n) is 10.9. The summed E-state index contributed by atoms with van der Waals surface area (Å²) in [4.78, 5) is 0. The first-order valence-electron chi connectivity index (χ1n) is 20.6. The normalized spacial score (nSPS) is 11.2. The second-order valence-electron chi connectivity index (χ2n) is 14.3. The van der Waals surface area contributed by atoms with Crippen LogP contribution in [0.25, 0.3) is 88.1 Å². The molecule has 3 aromatic heterocycles. The average Bonchev–Trinajstić information content (AvgIpc) is 3.92. The van der Waals surface area contributed by atoms with Gasteiger partial charge in [0.25, 0.3) is 0 Å². The van der Waals surface area contributed by atoms with Gasteiger partial charge in [-0.05, 0) is 138 Å². The molecule has 3 nitrogen and oxygen atoms in total. The van der Waals surface area contributed by atoms with E-state index in [1.54, 1.807) is 0 Å². The van der Waals surface area contributed by atoms with Crippen molar-refractivity contribution in [3.8, 4) is 22.5 Å². The van der Waals surface area contributed by atoms with E-state index in [0.29, 0.717) is 0 Å². The maximum Gasteiger partial charge on any atom is 0.135 e. The van der Waals surface area contributed by atoms with Gasteiger partial charge in [0.2, 0.25) is 0 Å². The minimum atomic E-state index is 0.834. The van der Waals surface area contributed by atoms with E-state index in [4.69, 9.17) is 4.42 Å². The van der Waals surface area contributed by atoms with Gasteiger partial charge in [0.1, 0.15) is 11.2 Å². The van der Waals surface area contributed by atoms with E-state index in [-0.39, 0.29) is 0 Å². The van der Waals surface area contributed by atoms with Gasteiger partial charge >= 0.3 is 0 Å². The van der Waals surface area contributed by atoms with Crippen LogP contribution in [0.15, 0.2) is 182 Å². The van der Waals surface area contributed by atoms with Crippen molar-refractivity contribution >= 4 is 65.6 Å². The van der Waals surface area contributed by atoms with Crippen molar-refractivity contribution < 1.29 is 4.42 Å². The van der Waals surface area contributed by atoms with Gasteiger partial charge in [-0.3, -0.25) is 0 Å². The highest BCUT2D eigenvalue weighted by molar-refractivity contribution is 6.13. The number of benzene rings is 7. The highest BCUT2D eigenvalue weighted by Gasteiger charge is 2.18. The molecule has 7 aromatic carbocycles. The first-order valence-corrected chi connectivity index (χ1v) is 20.6. The second kappa shape index (κ2) is 16.3. The maximum atomic E-state index is 6.45. The van der Waals surface area contributed by atoms with Gasteiger partial charge in [-0.2, -0.15) is 0 Å². The maximum absolute atomic E-state index is 6.45. The van der Waals surface area contributed by atoms with Crippen LogP contribution >= 0.6 is 0 Å². The summed E-state index contributed by atoms with van der Waals surface area (Å²) >= 11 is 0. The van der Waals surface area contributed by atoms with Crippen LogP contribution < -0.4 is 0 Å². The highest BCUT2D eigenvalue weighted by atomic mass is 16.3. The molecule has 0 aliphatic carbocycles. The summed E-state index contributed by atoms with van der Waals surface area (Å²) < 4.78 is 11.2. The Morgan fingerprint density at radius 2 is 0.793 bits per heavy atom. The third-order valence-corrected chi connectivity index (χ3v) is 10.9. The van der Waals surface area contributed by atoms with Crippen LogP contribution in [0, 0.1) is 0 Å². The minimum absolute atomic E-state index is 0.834. The fraction of sp³-hybridized carbons (Fsp3) is 0.127. The molecule has 0 aliphatic rings. The lowest BCUT2D eigenvalue weighted by molar-refractivity contribution is 0.669. The summed E-state index contributed by atoms with van der Waals surface area (Å²) in [7, 11) is 0. The van der Waals surface area contributed by atoms with Crippen molar-refractivity contribution in [2.45, 2.75) is 47.0 Å². The summed E-state index contributed by atoms with van der Waals surface area (Å²) in [6.07, 6.45) is 8.42. The predicted molar refractivity (Wildman–Crippen MR) is 252 cm³/mol. The largest absolute Gasteiger partial charge is 0.456 e. The average molecular weight is 755 g/mol. The number of furan rings is 1. The highest BCUT2D eigenvalue weighted by Crippen LogP contribution is 2.40. The van der Waals surface area contributed by atoms with Crippen LogP contribution in [0.4, 0.5) is 0 Å². The second-order valence-corrected chi connectivity index (χ2v) is 14.3. The molecular weight excluding hydrogens is 705 g/mol. The van der Waals surface area contributed by atoms with Crippen LogP contribution in [0.2, 0.25) is 0 Å². The lowest BCUT2D eigenvalue weighted by atomic mass is 10.00. The molecule has 286 valence electrons. The SMILES string of the molecule is C=CCc1ccc2c(c1)c1cc(CC=C)ccc1n2-c1ccc2oc3ccc(-c4ccc5c(c4)c4cc(CC=C)ccc4n5-c4ccccc4)cc3c2c1.CC.CC. The topological polar surface area (TPSA) is 23.0 Å². The van der Waals surface area contributed by atoms with E-state index in [1.165, 1.54) is 65.9 Å². The summed E-state index contributed by atoms with van der Waals surface area (Å²) in [6.45, 7) is 20.0. The van der Waals surface area contributed by atoms with E-state index in [1.807, 2.05) is 45.9 Å². The van der Waals surface area contributed by atoms with Gasteiger partial charge in [0, 0.05) is 43.7 Å². The number of hydrogen-bond acceptors (Lipinski definition) is 1. The van der Waals surface area contributed by atoms with Crippen LogP contribution in [0.1, 0.15) is 44.4 Å². The van der Waals surface area contributed by atoms with Crippen molar-refractivity contribution in [2.75, 3.05) is 0 Å². The number of fused-ring (bicyclic) bond motifs is 9. The molecule has 58 heavy (non-hydrogen) atoms. The predicted octanol–water partition coefficient (Wildman–Crippen LogP) is 15.7. The lowest BCUT2D eigenvalue weighted by Gasteiger charge is -2.09. The molecule has 0 aliphatic heterocycles. The summed E-state index contributed by atoms with van der Waals surface area (Å²) in [5.41, 5.74) is 14.9. The number of rotatable bonds is 9. The van der Waals surface area contributed by atoms with Crippen molar-refractivity contribution in [3.05, 3.63) is 194 Å². The summed E-state index contributed by atoms with van der Waals surface area (Å²) in [5.74, 6) is 0. The summed E-state index contributed by atoms with van der Waals surface area (Å²) in [5, 5.41) is 7.17. The van der Waals surface area contributed by atoms with Crippen molar-refractivity contribution in [1.29, 1.82) is 0 Å². The Morgan fingerprint density at radius 1 is 0.397 bits per heavy atom. The molecular formula is C55H50N2O. The van der Waals surface area contributed by atoms with E-state index >= 15 is 0 Å². The van der Waals surface area contributed by atoms with Gasteiger partial charge in [-0.1, -0.05) is 94.5 Å². The van der Waals surface area contributed by atoms with E-state index < -0.39 is 0 Å². The van der Waals surface area contributed by atoms with Gasteiger partial charge in [-0.15, -0.1) is 19.7 Å². The molecule has 0 atom stereocenters. The number of para-hydroxylation sites is 1. The number of aromatic nitrogens is 2. The number of allylic oxidation sites excluding steroid dienone is 3. The molecule has 0 N–H and O–H groups in total. The van der Waals surface area contributed by atoms with Crippen LogP contribution in [0.3, 0.4) is 0 Å². The zero-order chi connectivity index (χ0) is 40.3. The minimum Gasteiger partial charge on any atom is -0.456 e. The molecule has 0 fully saturated rings. The molecule has 10 rings (SSSR count). The van der Waals surface area contributed by atoms with E-state index in [2.05, 4.69) is 168 Å². The zero-order valence-corrected chi connectivity index (χ0v) is 34.1. The standard InChI is InChI=1S/C51H38N2O.2C2H6/c1-4-10-33-16-22-47-40(27-33)41-28-34(11-5-2)17-23-48(41)53(47)39-20-26-51-45(32-39)44-31-37(19-25-50(44)54-51)36-18-24-49-43(30-36)42-29-35(12-6-3)15-21-46(42)52(49)38-13-8-7-9-14-38;2*1-2/h4-9,13-32H,1-3,10-12H2;2*1-2H3. The van der Waals surface area contributed by atoms with Gasteiger partial charge in [0.05, 0.1) is 22.1 Å². The number of hydrogen-bond donors (Lipinski definition) is 0. The first-order chi connectivity index (χ1) is 28.6. The Hall–Kier alpha value is -6.84. The van der Waals surface area contributed by atoms with Crippen LogP contribution in [-0.4, -0.2) is 9.13 Å². The first kappa shape index (κ1) is 38.1. The zero-order valence-electron chi connectivity index (χ0n) is 34.1. The van der Waals surface area contributed by atoms with Gasteiger partial charge in [0.15, 0.2) is 0 Å². The van der Waals surface area contributed by atoms with Gasteiger partial charge < -0.3 is 13.6 Å². The molecule has 0 saturated carbocycles.